The molecule has 0 fully saturated rings. The van der Waals surface area contributed by atoms with Crippen LogP contribution in [0.3, 0.4) is 0 Å². The number of hydrogen-bond acceptors (Lipinski definition) is 5. The molecule has 0 bridgehead atoms. The van der Waals surface area contributed by atoms with E-state index in [-0.39, 0.29) is 0 Å². The lowest BCUT2D eigenvalue weighted by Gasteiger charge is -2.14. The summed E-state index contributed by atoms with van der Waals surface area (Å²) < 4.78 is 16.5. The summed E-state index contributed by atoms with van der Waals surface area (Å²) in [6.07, 6.45) is 2.45. The summed E-state index contributed by atoms with van der Waals surface area (Å²) in [5.74, 6) is 2.05. The highest BCUT2D eigenvalue weighted by atomic mass is 16.5. The van der Waals surface area contributed by atoms with Crippen molar-refractivity contribution in [2.75, 3.05) is 20.8 Å². The first-order valence-corrected chi connectivity index (χ1v) is 6.76. The molecule has 0 saturated carbocycles. The Hall–Kier alpha value is -2.27. The topological polar surface area (TPSA) is 66.6 Å². The number of rotatable bonds is 7. The van der Waals surface area contributed by atoms with Crippen molar-refractivity contribution < 1.29 is 14.2 Å². The predicted molar refractivity (Wildman–Crippen MR) is 80.9 cm³/mol. The highest BCUT2D eigenvalue weighted by Gasteiger charge is 2.12. The van der Waals surface area contributed by atoms with E-state index in [2.05, 4.69) is 4.98 Å². The molecular weight excluding hydrogens is 268 g/mol. The predicted octanol–water partition coefficient (Wildman–Crippen LogP) is 2.18. The van der Waals surface area contributed by atoms with Crippen LogP contribution in [0.15, 0.2) is 36.5 Å². The smallest absolute Gasteiger partial charge is 0.185 e. The number of pyridine rings is 1. The zero-order chi connectivity index (χ0) is 15.1. The minimum atomic E-state index is 0.307. The molecule has 0 aliphatic heterocycles. The number of benzene rings is 1. The zero-order valence-electron chi connectivity index (χ0n) is 12.3. The van der Waals surface area contributed by atoms with Gasteiger partial charge in [0.25, 0.3) is 0 Å². The summed E-state index contributed by atoms with van der Waals surface area (Å²) in [5, 5.41) is 0. The van der Waals surface area contributed by atoms with Crippen molar-refractivity contribution in [1.82, 2.24) is 4.98 Å². The number of hydrogen-bond donors (Lipinski definition) is 1. The monoisotopic (exact) mass is 288 g/mol. The van der Waals surface area contributed by atoms with Crippen molar-refractivity contribution in [3.8, 4) is 17.2 Å². The van der Waals surface area contributed by atoms with E-state index in [0.717, 1.165) is 17.7 Å². The van der Waals surface area contributed by atoms with Crippen molar-refractivity contribution in [1.29, 1.82) is 0 Å². The lowest BCUT2D eigenvalue weighted by atomic mass is 10.1. The van der Waals surface area contributed by atoms with Gasteiger partial charge in [0, 0.05) is 12.3 Å². The molecule has 0 aliphatic rings. The number of methoxy groups -OCH3 is 2. The number of nitrogens with zero attached hydrogens (tertiary/aromatic N) is 1. The first-order valence-electron chi connectivity index (χ1n) is 6.76. The van der Waals surface area contributed by atoms with Gasteiger partial charge in [-0.05, 0) is 24.6 Å². The highest BCUT2D eigenvalue weighted by molar-refractivity contribution is 5.42. The molecule has 2 N–H and O–H groups in total. The van der Waals surface area contributed by atoms with Crippen molar-refractivity contribution in [3.63, 3.8) is 0 Å². The Bertz CT molecular complexity index is 587. The molecule has 2 aromatic rings. The summed E-state index contributed by atoms with van der Waals surface area (Å²) >= 11 is 0. The second-order valence-electron chi connectivity index (χ2n) is 4.43. The third kappa shape index (κ3) is 3.64. The van der Waals surface area contributed by atoms with Crippen LogP contribution in [0.2, 0.25) is 0 Å². The SMILES string of the molecule is COc1ccnc(COc2ccccc2CCN)c1OC. The van der Waals surface area contributed by atoms with Gasteiger partial charge in [-0.1, -0.05) is 18.2 Å². The molecule has 0 atom stereocenters. The van der Waals surface area contributed by atoms with Gasteiger partial charge in [0.05, 0.1) is 14.2 Å². The first-order chi connectivity index (χ1) is 10.3. The maximum Gasteiger partial charge on any atom is 0.185 e. The molecule has 0 spiro atoms. The Morgan fingerprint density at radius 3 is 2.57 bits per heavy atom. The van der Waals surface area contributed by atoms with E-state index < -0.39 is 0 Å². The largest absolute Gasteiger partial charge is 0.493 e. The summed E-state index contributed by atoms with van der Waals surface area (Å²) in [5.41, 5.74) is 7.39. The van der Waals surface area contributed by atoms with E-state index in [0.29, 0.717) is 30.3 Å². The molecule has 5 heteroatoms. The van der Waals surface area contributed by atoms with Crippen LogP contribution in [-0.4, -0.2) is 25.7 Å². The van der Waals surface area contributed by atoms with Crippen molar-refractivity contribution in [2.45, 2.75) is 13.0 Å². The van der Waals surface area contributed by atoms with Gasteiger partial charge in [-0.3, -0.25) is 4.98 Å². The Balaban J connectivity index is 2.17. The molecule has 2 rings (SSSR count). The normalized spacial score (nSPS) is 10.2. The molecule has 1 aromatic heterocycles. The number of ether oxygens (including phenoxy) is 3. The third-order valence-corrected chi connectivity index (χ3v) is 3.12. The Kier molecular flexibility index (Phi) is 5.40. The van der Waals surface area contributed by atoms with E-state index in [1.165, 1.54) is 0 Å². The molecule has 5 nitrogen and oxygen atoms in total. The van der Waals surface area contributed by atoms with Crippen molar-refractivity contribution in [3.05, 3.63) is 47.8 Å². The van der Waals surface area contributed by atoms with Crippen LogP contribution in [0.5, 0.6) is 17.2 Å². The van der Waals surface area contributed by atoms with Crippen LogP contribution in [0, 0.1) is 0 Å². The maximum absolute atomic E-state index is 5.86. The van der Waals surface area contributed by atoms with Crippen LogP contribution >= 0.6 is 0 Å². The fraction of sp³-hybridized carbons (Fsp3) is 0.312. The van der Waals surface area contributed by atoms with Crippen LogP contribution in [0.4, 0.5) is 0 Å². The molecule has 0 unspecified atom stereocenters. The molecule has 0 saturated heterocycles. The third-order valence-electron chi connectivity index (χ3n) is 3.12. The summed E-state index contributed by atoms with van der Waals surface area (Å²) in [4.78, 5) is 4.29. The quantitative estimate of drug-likeness (QED) is 0.846. The van der Waals surface area contributed by atoms with Gasteiger partial charge >= 0.3 is 0 Å². The van der Waals surface area contributed by atoms with E-state index in [1.807, 2.05) is 24.3 Å². The molecule has 0 radical (unpaired) electrons. The molecule has 21 heavy (non-hydrogen) atoms. The zero-order valence-corrected chi connectivity index (χ0v) is 12.3. The average molecular weight is 288 g/mol. The van der Waals surface area contributed by atoms with E-state index in [9.17, 15) is 0 Å². The summed E-state index contributed by atoms with van der Waals surface area (Å²) in [6, 6.07) is 9.61. The molecule has 0 amide bonds. The molecule has 0 aliphatic carbocycles. The van der Waals surface area contributed by atoms with Gasteiger partial charge in [0.2, 0.25) is 0 Å². The fourth-order valence-electron chi connectivity index (χ4n) is 2.11. The average Bonchev–Trinajstić information content (AvgIpc) is 2.53. The van der Waals surface area contributed by atoms with Gasteiger partial charge in [0.15, 0.2) is 11.5 Å². The van der Waals surface area contributed by atoms with Crippen LogP contribution in [-0.2, 0) is 13.0 Å². The Labute approximate surface area is 124 Å². The minimum absolute atomic E-state index is 0.307. The highest BCUT2D eigenvalue weighted by Crippen LogP contribution is 2.30. The summed E-state index contributed by atoms with van der Waals surface area (Å²) in [7, 11) is 3.18. The molecule has 1 heterocycles. The second-order valence-corrected chi connectivity index (χ2v) is 4.43. The maximum atomic E-state index is 5.86. The van der Waals surface area contributed by atoms with E-state index in [4.69, 9.17) is 19.9 Å². The Morgan fingerprint density at radius 1 is 1.05 bits per heavy atom. The fourth-order valence-corrected chi connectivity index (χ4v) is 2.11. The lowest BCUT2D eigenvalue weighted by molar-refractivity contribution is 0.282. The number of aromatic nitrogens is 1. The molecular formula is C16H20N2O3. The van der Waals surface area contributed by atoms with Crippen molar-refractivity contribution in [2.24, 2.45) is 5.73 Å². The van der Waals surface area contributed by atoms with Gasteiger partial charge < -0.3 is 19.9 Å². The lowest BCUT2D eigenvalue weighted by Crippen LogP contribution is -2.07. The van der Waals surface area contributed by atoms with Crippen LogP contribution in [0.25, 0.3) is 0 Å². The van der Waals surface area contributed by atoms with Gasteiger partial charge in [-0.25, -0.2) is 0 Å². The standard InChI is InChI=1S/C16H20N2O3/c1-19-15-8-10-18-13(16(15)20-2)11-21-14-6-4-3-5-12(14)7-9-17/h3-6,8,10H,7,9,11,17H2,1-2H3. The first kappa shape index (κ1) is 15.1. The van der Waals surface area contributed by atoms with Crippen LogP contribution in [0.1, 0.15) is 11.3 Å². The van der Waals surface area contributed by atoms with Gasteiger partial charge in [-0.2, -0.15) is 0 Å². The Morgan fingerprint density at radius 2 is 1.86 bits per heavy atom. The molecule has 1 aromatic carbocycles. The minimum Gasteiger partial charge on any atom is -0.493 e. The molecule has 112 valence electrons. The van der Waals surface area contributed by atoms with E-state index >= 15 is 0 Å². The van der Waals surface area contributed by atoms with Gasteiger partial charge in [-0.15, -0.1) is 0 Å². The van der Waals surface area contributed by atoms with Crippen molar-refractivity contribution >= 4 is 0 Å². The van der Waals surface area contributed by atoms with Gasteiger partial charge in [0.1, 0.15) is 18.1 Å². The van der Waals surface area contributed by atoms with Crippen LogP contribution < -0.4 is 19.9 Å². The summed E-state index contributed by atoms with van der Waals surface area (Å²) in [6.45, 7) is 0.892. The number of nitrogens with two attached hydrogens (primary N) is 1. The van der Waals surface area contributed by atoms with E-state index in [1.54, 1.807) is 26.5 Å². The number of para-hydroxylation sites is 1. The second kappa shape index (κ2) is 7.50.